The predicted octanol–water partition coefficient (Wildman–Crippen LogP) is 6.67. The number of anilines is 2. The molecule has 0 spiro atoms. The number of carbonyl (C=O) groups excluding carboxylic acids is 2. The van der Waals surface area contributed by atoms with E-state index < -0.39 is 23.6 Å². The van der Waals surface area contributed by atoms with E-state index in [2.05, 4.69) is 20.8 Å². The smallest absolute Gasteiger partial charge is 0.416 e. The first kappa shape index (κ1) is 25.6. The number of para-hydroxylation sites is 1. The number of furan rings is 1. The van der Waals surface area contributed by atoms with Gasteiger partial charge in [0.2, 0.25) is 5.76 Å². The third-order valence-corrected chi connectivity index (χ3v) is 6.03. The van der Waals surface area contributed by atoms with Gasteiger partial charge < -0.3 is 20.2 Å². The summed E-state index contributed by atoms with van der Waals surface area (Å²) < 4.78 is 45.0. The fourth-order valence-electron chi connectivity index (χ4n) is 4.32. The number of aromatic nitrogens is 2. The molecule has 11 heteroatoms. The molecule has 0 atom stereocenters. The number of aryl methyl sites for hydroxylation is 2. The fraction of sp³-hybridized carbons (Fsp3) is 0.107. The Morgan fingerprint density at radius 2 is 1.72 bits per heavy atom. The maximum Gasteiger partial charge on any atom is 0.416 e. The molecule has 39 heavy (non-hydrogen) atoms. The Hall–Kier alpha value is -5.06. The number of H-pyrrole nitrogens is 1. The quantitative estimate of drug-likeness (QED) is 0.201. The molecule has 2 amide bonds. The maximum absolute atomic E-state index is 13.2. The van der Waals surface area contributed by atoms with Crippen LogP contribution in [0.2, 0.25) is 0 Å². The van der Waals surface area contributed by atoms with Crippen molar-refractivity contribution in [1.29, 1.82) is 0 Å². The van der Waals surface area contributed by atoms with Crippen LogP contribution in [0.4, 0.5) is 24.5 Å². The first-order chi connectivity index (χ1) is 18.5. The van der Waals surface area contributed by atoms with Crippen LogP contribution in [0, 0.1) is 13.8 Å². The molecule has 2 heterocycles. The van der Waals surface area contributed by atoms with Gasteiger partial charge in [0.05, 0.1) is 11.3 Å². The third-order valence-electron chi connectivity index (χ3n) is 6.03. The number of aromatic amines is 1. The zero-order valence-corrected chi connectivity index (χ0v) is 20.6. The summed E-state index contributed by atoms with van der Waals surface area (Å²) in [6.45, 7) is 3.65. The van der Waals surface area contributed by atoms with Crippen LogP contribution in [0.5, 0.6) is 5.75 Å². The van der Waals surface area contributed by atoms with Crippen molar-refractivity contribution in [3.63, 3.8) is 0 Å². The first-order valence-corrected chi connectivity index (χ1v) is 11.7. The van der Waals surface area contributed by atoms with Gasteiger partial charge in [-0.2, -0.15) is 18.3 Å². The molecule has 0 aliphatic rings. The number of phenols is 1. The molecule has 3 aromatic carbocycles. The molecule has 5 rings (SSSR count). The summed E-state index contributed by atoms with van der Waals surface area (Å²) in [6, 6.07) is 15.6. The SMILES string of the molecule is Cc1cc(C)c(-c2cc(C(=O)Nc3c(C(=O)Nc4cccc(C(F)(F)F)c4)oc4ccccc34)[nH]n2)c(O)c1. The molecular formula is C28H21F3N4O4. The number of benzene rings is 3. The van der Waals surface area contributed by atoms with Crippen LogP contribution >= 0.6 is 0 Å². The summed E-state index contributed by atoms with van der Waals surface area (Å²) >= 11 is 0. The molecule has 8 nitrogen and oxygen atoms in total. The molecule has 2 aromatic heterocycles. The van der Waals surface area contributed by atoms with Gasteiger partial charge in [-0.05, 0) is 67.4 Å². The summed E-state index contributed by atoms with van der Waals surface area (Å²) in [7, 11) is 0. The number of hydrogen-bond acceptors (Lipinski definition) is 5. The van der Waals surface area contributed by atoms with E-state index in [4.69, 9.17) is 4.42 Å². The highest BCUT2D eigenvalue weighted by molar-refractivity contribution is 6.16. The van der Waals surface area contributed by atoms with Crippen molar-refractivity contribution in [3.05, 3.63) is 94.9 Å². The number of hydrogen-bond donors (Lipinski definition) is 4. The van der Waals surface area contributed by atoms with Crippen molar-refractivity contribution in [2.75, 3.05) is 10.6 Å². The van der Waals surface area contributed by atoms with Gasteiger partial charge >= 0.3 is 6.18 Å². The lowest BCUT2D eigenvalue weighted by Crippen LogP contribution is -2.17. The number of aromatic hydroxyl groups is 1. The normalized spacial score (nSPS) is 11.5. The Labute approximate surface area is 219 Å². The van der Waals surface area contributed by atoms with E-state index in [0.29, 0.717) is 16.6 Å². The van der Waals surface area contributed by atoms with E-state index in [1.54, 1.807) is 30.3 Å². The highest BCUT2D eigenvalue weighted by atomic mass is 19.4. The molecule has 5 aromatic rings. The maximum atomic E-state index is 13.2. The monoisotopic (exact) mass is 534 g/mol. The molecular weight excluding hydrogens is 513 g/mol. The lowest BCUT2D eigenvalue weighted by atomic mass is 10.0. The van der Waals surface area contributed by atoms with E-state index in [-0.39, 0.29) is 34.2 Å². The average Bonchev–Trinajstić information content (AvgIpc) is 3.49. The highest BCUT2D eigenvalue weighted by Crippen LogP contribution is 2.35. The molecule has 0 fully saturated rings. The highest BCUT2D eigenvalue weighted by Gasteiger charge is 2.31. The zero-order valence-electron chi connectivity index (χ0n) is 20.6. The minimum Gasteiger partial charge on any atom is -0.507 e. The molecule has 0 bridgehead atoms. The Morgan fingerprint density at radius 3 is 2.46 bits per heavy atom. The molecule has 0 saturated heterocycles. The van der Waals surface area contributed by atoms with Crippen LogP contribution in [-0.4, -0.2) is 27.1 Å². The van der Waals surface area contributed by atoms with E-state index >= 15 is 0 Å². The van der Waals surface area contributed by atoms with Gasteiger partial charge in [-0.25, -0.2) is 0 Å². The van der Waals surface area contributed by atoms with Crippen LogP contribution in [0.3, 0.4) is 0 Å². The number of carbonyl (C=O) groups is 2. The summed E-state index contributed by atoms with van der Waals surface area (Å²) in [5, 5.41) is 22.6. The lowest BCUT2D eigenvalue weighted by Gasteiger charge is -2.10. The number of fused-ring (bicyclic) bond motifs is 1. The summed E-state index contributed by atoms with van der Waals surface area (Å²) in [4.78, 5) is 26.3. The predicted molar refractivity (Wildman–Crippen MR) is 139 cm³/mol. The van der Waals surface area contributed by atoms with E-state index in [9.17, 15) is 27.9 Å². The Balaban J connectivity index is 1.45. The van der Waals surface area contributed by atoms with Gasteiger partial charge in [0, 0.05) is 16.6 Å². The third kappa shape index (κ3) is 5.06. The number of alkyl halides is 3. The summed E-state index contributed by atoms with van der Waals surface area (Å²) in [5.41, 5.74) is 1.77. The molecule has 4 N–H and O–H groups in total. The second kappa shape index (κ2) is 9.67. The van der Waals surface area contributed by atoms with Crippen LogP contribution in [0.15, 0.2) is 71.1 Å². The van der Waals surface area contributed by atoms with Crippen molar-refractivity contribution in [1.82, 2.24) is 10.2 Å². The number of nitrogens with zero attached hydrogens (tertiary/aromatic N) is 1. The average molecular weight is 534 g/mol. The van der Waals surface area contributed by atoms with Gasteiger partial charge in [-0.15, -0.1) is 0 Å². The van der Waals surface area contributed by atoms with Crippen LogP contribution in [0.1, 0.15) is 37.7 Å². The van der Waals surface area contributed by atoms with Crippen molar-refractivity contribution in [2.24, 2.45) is 0 Å². The topological polar surface area (TPSA) is 120 Å². The van der Waals surface area contributed by atoms with Crippen LogP contribution in [-0.2, 0) is 6.18 Å². The first-order valence-electron chi connectivity index (χ1n) is 11.7. The van der Waals surface area contributed by atoms with Crippen molar-refractivity contribution >= 4 is 34.2 Å². The van der Waals surface area contributed by atoms with E-state index in [1.807, 2.05) is 19.9 Å². The molecule has 198 valence electrons. The van der Waals surface area contributed by atoms with E-state index in [0.717, 1.165) is 23.3 Å². The minimum absolute atomic E-state index is 0.0142. The second-order valence-corrected chi connectivity index (χ2v) is 8.93. The Kier molecular flexibility index (Phi) is 6.35. The van der Waals surface area contributed by atoms with Crippen molar-refractivity contribution < 1.29 is 32.3 Å². The number of halogens is 3. The summed E-state index contributed by atoms with van der Waals surface area (Å²) in [5.74, 6) is -1.79. The molecule has 0 aliphatic heterocycles. The zero-order chi connectivity index (χ0) is 27.9. The fourth-order valence-corrected chi connectivity index (χ4v) is 4.32. The Morgan fingerprint density at radius 1 is 0.949 bits per heavy atom. The van der Waals surface area contributed by atoms with Crippen molar-refractivity contribution in [2.45, 2.75) is 20.0 Å². The van der Waals surface area contributed by atoms with Gasteiger partial charge in [-0.3, -0.25) is 14.7 Å². The molecule has 0 unspecified atom stereocenters. The minimum atomic E-state index is -4.59. The number of amides is 2. The molecule has 0 aliphatic carbocycles. The van der Waals surface area contributed by atoms with E-state index in [1.165, 1.54) is 18.2 Å². The number of phenolic OH excluding ortho intramolecular Hbond substituents is 1. The number of nitrogens with one attached hydrogen (secondary N) is 3. The Bertz CT molecular complexity index is 1710. The second-order valence-electron chi connectivity index (χ2n) is 8.93. The number of rotatable bonds is 5. The van der Waals surface area contributed by atoms with Gasteiger partial charge in [-0.1, -0.05) is 24.3 Å². The molecule has 0 radical (unpaired) electrons. The largest absolute Gasteiger partial charge is 0.507 e. The van der Waals surface area contributed by atoms with Gasteiger partial charge in [0.15, 0.2) is 0 Å². The van der Waals surface area contributed by atoms with Crippen LogP contribution < -0.4 is 10.6 Å². The molecule has 0 saturated carbocycles. The van der Waals surface area contributed by atoms with Crippen molar-refractivity contribution in [3.8, 4) is 17.0 Å². The van der Waals surface area contributed by atoms with Crippen LogP contribution in [0.25, 0.3) is 22.2 Å². The van der Waals surface area contributed by atoms with Gasteiger partial charge in [0.25, 0.3) is 11.8 Å². The lowest BCUT2D eigenvalue weighted by molar-refractivity contribution is -0.137. The standard InChI is InChI=1S/C28H21F3N4O4/c1-14-10-15(2)23(21(36)11-14)19-13-20(35-34-19)26(37)33-24-18-8-3-4-9-22(18)39-25(24)27(38)32-17-7-5-6-16(12-17)28(29,30)31/h3-13,36H,1-2H3,(H,32,38)(H,33,37)(H,34,35). The van der Waals surface area contributed by atoms with Gasteiger partial charge in [0.1, 0.15) is 22.7 Å². The summed E-state index contributed by atoms with van der Waals surface area (Å²) in [6.07, 6.45) is -4.59.